The van der Waals surface area contributed by atoms with Gasteiger partial charge < -0.3 is 34.3 Å². The van der Waals surface area contributed by atoms with E-state index in [0.29, 0.717) is 47.2 Å². The van der Waals surface area contributed by atoms with E-state index < -0.39 is 6.09 Å². The Labute approximate surface area is 167 Å². The Morgan fingerprint density at radius 1 is 1.00 bits per heavy atom. The Bertz CT molecular complexity index is 914. The molecular weight excluding hydrogens is 380 g/mol. The fraction of sp³-hybridized carbons (Fsp3) is 0.300. The number of alkyl carbamates (subject to hydrolysis) is 1. The highest BCUT2D eigenvalue weighted by molar-refractivity contribution is 6.05. The van der Waals surface area contributed by atoms with Crippen molar-refractivity contribution in [1.29, 1.82) is 0 Å². The SMILES string of the molecule is COC(=O)NCCc1cc(OC)c(OC)cc1NC(=O)c1ccc2c(c1)OCO2. The first-order valence-electron chi connectivity index (χ1n) is 8.83. The Morgan fingerprint density at radius 3 is 2.45 bits per heavy atom. The number of amides is 2. The Balaban J connectivity index is 1.83. The molecule has 0 fully saturated rings. The van der Waals surface area contributed by atoms with Crippen LogP contribution in [0.3, 0.4) is 0 Å². The molecule has 29 heavy (non-hydrogen) atoms. The van der Waals surface area contributed by atoms with Crippen molar-refractivity contribution >= 4 is 17.7 Å². The molecule has 9 heteroatoms. The summed E-state index contributed by atoms with van der Waals surface area (Å²) >= 11 is 0. The number of nitrogens with one attached hydrogen (secondary N) is 2. The van der Waals surface area contributed by atoms with E-state index in [4.69, 9.17) is 18.9 Å². The van der Waals surface area contributed by atoms with Gasteiger partial charge in [0.05, 0.1) is 21.3 Å². The fourth-order valence-corrected chi connectivity index (χ4v) is 2.85. The smallest absolute Gasteiger partial charge is 0.406 e. The van der Waals surface area contributed by atoms with Crippen LogP contribution in [0.2, 0.25) is 0 Å². The summed E-state index contributed by atoms with van der Waals surface area (Å²) in [4.78, 5) is 24.1. The average Bonchev–Trinajstić information content (AvgIpc) is 3.21. The number of carbonyl (C=O) groups is 2. The summed E-state index contributed by atoms with van der Waals surface area (Å²) in [5, 5.41) is 5.49. The monoisotopic (exact) mass is 402 g/mol. The highest BCUT2D eigenvalue weighted by atomic mass is 16.7. The van der Waals surface area contributed by atoms with Crippen molar-refractivity contribution in [1.82, 2.24) is 5.32 Å². The number of hydrogen-bond donors (Lipinski definition) is 2. The Hall–Kier alpha value is -3.62. The summed E-state index contributed by atoms with van der Waals surface area (Å²) in [5.74, 6) is 1.78. The second-order valence-electron chi connectivity index (χ2n) is 6.05. The molecule has 0 aromatic heterocycles. The molecular formula is C20H22N2O7. The minimum absolute atomic E-state index is 0.132. The van der Waals surface area contributed by atoms with Gasteiger partial charge in [-0.05, 0) is 36.2 Å². The number of carbonyl (C=O) groups excluding carboxylic acids is 2. The largest absolute Gasteiger partial charge is 0.493 e. The number of benzene rings is 2. The van der Waals surface area contributed by atoms with Crippen molar-refractivity contribution in [2.24, 2.45) is 0 Å². The first-order valence-corrected chi connectivity index (χ1v) is 8.83. The summed E-state index contributed by atoms with van der Waals surface area (Å²) in [6.45, 7) is 0.447. The standard InChI is InChI=1S/C20H22N2O7/c1-25-16-8-12(6-7-21-20(24)27-3)14(10-17(16)26-2)22-19(23)13-4-5-15-18(9-13)29-11-28-15/h4-5,8-10H,6-7,11H2,1-3H3,(H,21,24)(H,22,23). The number of ether oxygens (including phenoxy) is 5. The van der Waals surface area contributed by atoms with E-state index in [1.54, 1.807) is 30.3 Å². The molecule has 0 radical (unpaired) electrons. The average molecular weight is 402 g/mol. The molecule has 0 unspecified atom stereocenters. The van der Waals surface area contributed by atoms with Crippen molar-refractivity contribution < 1.29 is 33.3 Å². The summed E-state index contributed by atoms with van der Waals surface area (Å²) in [6, 6.07) is 8.40. The minimum Gasteiger partial charge on any atom is -0.493 e. The van der Waals surface area contributed by atoms with Crippen molar-refractivity contribution in [3.8, 4) is 23.0 Å². The predicted octanol–water partition coefficient (Wildman–Crippen LogP) is 2.58. The van der Waals surface area contributed by atoms with Gasteiger partial charge in [0, 0.05) is 23.9 Å². The lowest BCUT2D eigenvalue weighted by atomic mass is 10.1. The molecule has 1 aliphatic heterocycles. The van der Waals surface area contributed by atoms with Crippen molar-refractivity contribution in [2.45, 2.75) is 6.42 Å². The molecule has 0 atom stereocenters. The molecule has 3 rings (SSSR count). The molecule has 0 aliphatic carbocycles. The molecule has 2 aromatic rings. The van der Waals surface area contributed by atoms with Crippen molar-refractivity contribution in [2.75, 3.05) is 40.0 Å². The van der Waals surface area contributed by atoms with E-state index in [1.807, 2.05) is 0 Å². The van der Waals surface area contributed by atoms with Gasteiger partial charge in [0.15, 0.2) is 23.0 Å². The third kappa shape index (κ3) is 4.63. The molecule has 1 aliphatic rings. The molecule has 0 saturated heterocycles. The molecule has 0 bridgehead atoms. The van der Waals surface area contributed by atoms with Gasteiger partial charge in [-0.2, -0.15) is 0 Å². The van der Waals surface area contributed by atoms with Gasteiger partial charge in [-0.15, -0.1) is 0 Å². The van der Waals surface area contributed by atoms with E-state index in [-0.39, 0.29) is 12.7 Å². The summed E-state index contributed by atoms with van der Waals surface area (Å²) < 4.78 is 25.8. The zero-order valence-electron chi connectivity index (χ0n) is 16.4. The quantitative estimate of drug-likeness (QED) is 0.733. The van der Waals surface area contributed by atoms with Crippen LogP contribution in [0.1, 0.15) is 15.9 Å². The third-order valence-corrected chi connectivity index (χ3v) is 4.34. The first-order chi connectivity index (χ1) is 14.0. The van der Waals surface area contributed by atoms with Crippen LogP contribution >= 0.6 is 0 Å². The van der Waals surface area contributed by atoms with Gasteiger partial charge in [-0.1, -0.05) is 0 Å². The lowest BCUT2D eigenvalue weighted by Gasteiger charge is -2.16. The van der Waals surface area contributed by atoms with Crippen LogP contribution in [0.25, 0.3) is 0 Å². The van der Waals surface area contributed by atoms with Gasteiger partial charge in [0.25, 0.3) is 5.91 Å². The zero-order valence-corrected chi connectivity index (χ0v) is 16.4. The number of rotatable bonds is 7. The lowest BCUT2D eigenvalue weighted by molar-refractivity contribution is 0.102. The minimum atomic E-state index is -0.531. The zero-order chi connectivity index (χ0) is 20.8. The Morgan fingerprint density at radius 2 is 1.72 bits per heavy atom. The van der Waals surface area contributed by atoms with E-state index in [0.717, 1.165) is 5.56 Å². The molecule has 154 valence electrons. The number of hydrogen-bond acceptors (Lipinski definition) is 7. The van der Waals surface area contributed by atoms with E-state index >= 15 is 0 Å². The van der Waals surface area contributed by atoms with Crippen LogP contribution < -0.4 is 29.6 Å². The topological polar surface area (TPSA) is 104 Å². The highest BCUT2D eigenvalue weighted by Crippen LogP contribution is 2.35. The second-order valence-corrected chi connectivity index (χ2v) is 6.05. The van der Waals surface area contributed by atoms with E-state index in [1.165, 1.54) is 21.3 Å². The molecule has 1 heterocycles. The molecule has 0 spiro atoms. The van der Waals surface area contributed by atoms with Crippen LogP contribution in [0.15, 0.2) is 30.3 Å². The van der Waals surface area contributed by atoms with Gasteiger partial charge in [0.2, 0.25) is 6.79 Å². The first kappa shape index (κ1) is 20.1. The van der Waals surface area contributed by atoms with Crippen LogP contribution in [0.4, 0.5) is 10.5 Å². The second kappa shape index (κ2) is 9.05. The van der Waals surface area contributed by atoms with Gasteiger partial charge in [0.1, 0.15) is 0 Å². The highest BCUT2D eigenvalue weighted by Gasteiger charge is 2.18. The van der Waals surface area contributed by atoms with E-state index in [9.17, 15) is 9.59 Å². The summed E-state index contributed by atoms with van der Waals surface area (Å²) in [6.07, 6.45) is -0.0944. The molecule has 9 nitrogen and oxygen atoms in total. The van der Waals surface area contributed by atoms with Gasteiger partial charge in [-0.3, -0.25) is 4.79 Å². The molecule has 2 aromatic carbocycles. The maximum absolute atomic E-state index is 12.8. The van der Waals surface area contributed by atoms with Gasteiger partial charge in [-0.25, -0.2) is 4.79 Å². The Kier molecular flexibility index (Phi) is 6.28. The maximum Gasteiger partial charge on any atom is 0.406 e. The van der Waals surface area contributed by atoms with E-state index in [2.05, 4.69) is 15.4 Å². The summed E-state index contributed by atoms with van der Waals surface area (Å²) in [5.41, 5.74) is 1.72. The molecule has 2 N–H and O–H groups in total. The third-order valence-electron chi connectivity index (χ3n) is 4.34. The number of methoxy groups -OCH3 is 3. The number of fused-ring (bicyclic) bond motifs is 1. The summed E-state index contributed by atoms with van der Waals surface area (Å²) in [7, 11) is 4.34. The normalized spacial score (nSPS) is 11.6. The molecule has 2 amide bonds. The van der Waals surface area contributed by atoms with Crippen molar-refractivity contribution in [3.63, 3.8) is 0 Å². The predicted molar refractivity (Wildman–Crippen MR) is 104 cm³/mol. The van der Waals surface area contributed by atoms with Gasteiger partial charge >= 0.3 is 6.09 Å². The fourth-order valence-electron chi connectivity index (χ4n) is 2.85. The lowest BCUT2D eigenvalue weighted by Crippen LogP contribution is -2.25. The van der Waals surface area contributed by atoms with Crippen LogP contribution in [-0.2, 0) is 11.2 Å². The maximum atomic E-state index is 12.8. The van der Waals surface area contributed by atoms with Crippen LogP contribution in [0.5, 0.6) is 23.0 Å². The molecule has 0 saturated carbocycles. The van der Waals surface area contributed by atoms with Crippen molar-refractivity contribution in [3.05, 3.63) is 41.5 Å². The van der Waals surface area contributed by atoms with Crippen LogP contribution in [-0.4, -0.2) is 46.7 Å². The van der Waals surface area contributed by atoms with Crippen LogP contribution in [0, 0.1) is 0 Å². The number of anilines is 1.